The second-order valence-corrected chi connectivity index (χ2v) is 9.41. The predicted molar refractivity (Wildman–Crippen MR) is 108 cm³/mol. The molecule has 0 bridgehead atoms. The summed E-state index contributed by atoms with van der Waals surface area (Å²) in [6, 6.07) is 5.16. The molecule has 1 aliphatic heterocycles. The molecule has 12 heteroatoms. The fourth-order valence-electron chi connectivity index (χ4n) is 2.40. The number of hydrogen-bond acceptors (Lipinski definition) is 7. The molecule has 0 amide bonds. The molecule has 164 valence electrons. The van der Waals surface area contributed by atoms with Crippen LogP contribution in [0.25, 0.3) is 0 Å². The first-order chi connectivity index (χ1) is 14.2. The summed E-state index contributed by atoms with van der Waals surface area (Å²) in [5, 5.41) is 9.77. The minimum atomic E-state index is -3.77. The lowest BCUT2D eigenvalue weighted by Gasteiger charge is -2.29. The van der Waals surface area contributed by atoms with E-state index in [4.69, 9.17) is 4.74 Å². The van der Waals surface area contributed by atoms with E-state index in [1.54, 1.807) is 13.8 Å². The van der Waals surface area contributed by atoms with Gasteiger partial charge in [-0.25, -0.2) is 13.8 Å². The van der Waals surface area contributed by atoms with Crippen molar-refractivity contribution in [1.29, 1.82) is 0 Å². The third-order valence-electron chi connectivity index (χ3n) is 4.44. The molecule has 0 radical (unpaired) electrons. The highest BCUT2D eigenvalue weighted by Crippen LogP contribution is 2.27. The quantitative estimate of drug-likeness (QED) is 0.438. The van der Waals surface area contributed by atoms with Crippen molar-refractivity contribution in [2.45, 2.75) is 43.4 Å². The Morgan fingerprint density at radius 1 is 1.30 bits per heavy atom. The Kier molecular flexibility index (Phi) is 7.11. The van der Waals surface area contributed by atoms with Crippen LogP contribution in [0.3, 0.4) is 0 Å². The molecule has 2 atom stereocenters. The highest BCUT2D eigenvalue weighted by molar-refractivity contribution is 7.98. The Morgan fingerprint density at radius 3 is 2.67 bits per heavy atom. The van der Waals surface area contributed by atoms with Crippen molar-refractivity contribution in [3.05, 3.63) is 41.5 Å². The lowest BCUT2D eigenvalue weighted by molar-refractivity contribution is 0.0569. The maximum absolute atomic E-state index is 13.9. The van der Waals surface area contributed by atoms with Gasteiger partial charge >= 0.3 is 10.2 Å². The van der Waals surface area contributed by atoms with Crippen LogP contribution in [-0.4, -0.2) is 53.1 Å². The van der Waals surface area contributed by atoms with Crippen molar-refractivity contribution >= 4 is 27.8 Å². The smallest absolute Gasteiger partial charge is 0.302 e. The van der Waals surface area contributed by atoms with Gasteiger partial charge in [0.1, 0.15) is 11.9 Å². The van der Waals surface area contributed by atoms with E-state index in [9.17, 15) is 22.3 Å². The van der Waals surface area contributed by atoms with Gasteiger partial charge in [0, 0.05) is 30.5 Å². The monoisotopic (exact) mass is 460 g/mol. The minimum absolute atomic E-state index is 0.0214. The van der Waals surface area contributed by atoms with E-state index in [0.29, 0.717) is 13.1 Å². The van der Waals surface area contributed by atoms with Crippen LogP contribution in [0.15, 0.2) is 29.4 Å². The van der Waals surface area contributed by atoms with Crippen molar-refractivity contribution in [2.75, 3.05) is 17.8 Å². The molecule has 2 aromatic rings. The molecule has 3 rings (SSSR count). The fourth-order valence-corrected chi connectivity index (χ4v) is 4.46. The number of halogens is 2. The molecule has 0 aliphatic carbocycles. The first-order valence-corrected chi connectivity index (χ1v) is 11.7. The molecule has 0 saturated carbocycles. The SMILES string of the molecule is C[C@H](O)[C@@H](C)Oc1cc(NS(=O)(=O)N2CCC2)nc(SCc2cccc(F)c2F)n1. The fraction of sp³-hybridized carbons (Fsp3) is 0.444. The molecule has 1 fully saturated rings. The minimum Gasteiger partial charge on any atom is -0.472 e. The van der Waals surface area contributed by atoms with E-state index < -0.39 is 34.1 Å². The summed E-state index contributed by atoms with van der Waals surface area (Å²) in [4.78, 5) is 8.34. The van der Waals surface area contributed by atoms with E-state index in [1.165, 1.54) is 22.5 Å². The van der Waals surface area contributed by atoms with Crippen LogP contribution in [0.1, 0.15) is 25.8 Å². The summed E-state index contributed by atoms with van der Waals surface area (Å²) in [5.74, 6) is -1.87. The van der Waals surface area contributed by atoms with Crippen molar-refractivity contribution in [2.24, 2.45) is 0 Å². The van der Waals surface area contributed by atoms with E-state index in [-0.39, 0.29) is 28.2 Å². The van der Waals surface area contributed by atoms with Crippen molar-refractivity contribution in [3.8, 4) is 5.88 Å². The predicted octanol–water partition coefficient (Wildman–Crippen LogP) is 2.56. The lowest BCUT2D eigenvalue weighted by atomic mass is 10.2. The van der Waals surface area contributed by atoms with Crippen molar-refractivity contribution in [1.82, 2.24) is 14.3 Å². The zero-order valence-electron chi connectivity index (χ0n) is 16.4. The highest BCUT2D eigenvalue weighted by atomic mass is 32.2. The van der Waals surface area contributed by atoms with Gasteiger partial charge in [-0.1, -0.05) is 23.9 Å². The van der Waals surface area contributed by atoms with Crippen molar-refractivity contribution in [3.63, 3.8) is 0 Å². The number of nitrogens with one attached hydrogen (secondary N) is 1. The molecule has 0 spiro atoms. The maximum Gasteiger partial charge on any atom is 0.302 e. The highest BCUT2D eigenvalue weighted by Gasteiger charge is 2.28. The molecular formula is C18H22F2N4O4S2. The Morgan fingerprint density at radius 2 is 2.03 bits per heavy atom. The van der Waals surface area contributed by atoms with Gasteiger partial charge in [0.25, 0.3) is 0 Å². The van der Waals surface area contributed by atoms with Gasteiger partial charge in [0.2, 0.25) is 5.88 Å². The van der Waals surface area contributed by atoms with Crippen molar-refractivity contribution < 1.29 is 27.0 Å². The number of anilines is 1. The van der Waals surface area contributed by atoms with Crippen LogP contribution in [-0.2, 0) is 16.0 Å². The van der Waals surface area contributed by atoms with E-state index >= 15 is 0 Å². The topological polar surface area (TPSA) is 105 Å². The van der Waals surface area contributed by atoms with Crippen LogP contribution in [0, 0.1) is 11.6 Å². The summed E-state index contributed by atoms with van der Waals surface area (Å²) in [7, 11) is -3.77. The second-order valence-electron chi connectivity index (χ2n) is 6.80. The van der Waals surface area contributed by atoms with Crippen LogP contribution >= 0.6 is 11.8 Å². The van der Waals surface area contributed by atoms with E-state index in [2.05, 4.69) is 14.7 Å². The van der Waals surface area contributed by atoms with Crippen LogP contribution < -0.4 is 9.46 Å². The number of ether oxygens (including phenoxy) is 1. The molecule has 30 heavy (non-hydrogen) atoms. The zero-order chi connectivity index (χ0) is 21.9. The van der Waals surface area contributed by atoms with Gasteiger partial charge in [-0.3, -0.25) is 4.72 Å². The van der Waals surface area contributed by atoms with Gasteiger partial charge in [0.05, 0.1) is 6.10 Å². The summed E-state index contributed by atoms with van der Waals surface area (Å²) >= 11 is 0.995. The largest absolute Gasteiger partial charge is 0.472 e. The maximum atomic E-state index is 13.9. The summed E-state index contributed by atoms with van der Waals surface area (Å²) in [6.45, 7) is 4.01. The number of nitrogens with zero attached hydrogens (tertiary/aromatic N) is 3. The first kappa shape index (κ1) is 22.7. The average Bonchev–Trinajstić information content (AvgIpc) is 2.60. The van der Waals surface area contributed by atoms with Crippen LogP contribution in [0.5, 0.6) is 5.88 Å². The van der Waals surface area contributed by atoms with Gasteiger partial charge in [-0.15, -0.1) is 0 Å². The molecule has 2 N–H and O–H groups in total. The van der Waals surface area contributed by atoms with E-state index in [0.717, 1.165) is 24.2 Å². The Labute approximate surface area is 177 Å². The molecule has 1 aliphatic rings. The average molecular weight is 461 g/mol. The van der Waals surface area contributed by atoms with Crippen LogP contribution in [0.4, 0.5) is 14.6 Å². The summed E-state index contributed by atoms with van der Waals surface area (Å²) in [6.07, 6.45) is -0.623. The third kappa shape index (κ3) is 5.56. The van der Waals surface area contributed by atoms with E-state index in [1.807, 2.05) is 0 Å². The second kappa shape index (κ2) is 9.41. The summed E-state index contributed by atoms with van der Waals surface area (Å²) < 4.78 is 61.3. The zero-order valence-corrected chi connectivity index (χ0v) is 18.0. The Bertz CT molecular complexity index is 1000. The summed E-state index contributed by atoms with van der Waals surface area (Å²) in [5.41, 5.74) is 0.120. The number of rotatable bonds is 9. The number of aromatic nitrogens is 2. The van der Waals surface area contributed by atoms with Gasteiger partial charge in [-0.2, -0.15) is 17.7 Å². The molecule has 2 heterocycles. The number of aliphatic hydroxyl groups is 1. The normalized spacial score (nSPS) is 16.6. The van der Waals surface area contributed by atoms with Gasteiger partial charge < -0.3 is 9.84 Å². The molecule has 8 nitrogen and oxygen atoms in total. The third-order valence-corrected chi connectivity index (χ3v) is 6.85. The molecule has 1 aromatic carbocycles. The number of hydrogen-bond donors (Lipinski definition) is 2. The standard InChI is InChI=1S/C18H22F2N4O4S2/c1-11(25)12(2)28-16-9-15(23-30(26,27)24-7-4-8-24)21-18(22-16)29-10-13-5-3-6-14(19)17(13)20/h3,5-6,9,11-12,25H,4,7-8,10H2,1-2H3,(H,21,22,23)/t11-,12+/m0/s1. The number of thioether (sulfide) groups is 1. The molecule has 0 unspecified atom stereocenters. The number of benzene rings is 1. The number of aliphatic hydroxyl groups excluding tert-OH is 1. The molecular weight excluding hydrogens is 438 g/mol. The Hall–Kier alpha value is -2.02. The first-order valence-electron chi connectivity index (χ1n) is 9.23. The van der Waals surface area contributed by atoms with Crippen LogP contribution in [0.2, 0.25) is 0 Å². The van der Waals surface area contributed by atoms with Gasteiger partial charge in [0.15, 0.2) is 16.8 Å². The molecule has 1 saturated heterocycles. The Balaban J connectivity index is 1.83. The molecule has 1 aromatic heterocycles. The van der Waals surface area contributed by atoms with Gasteiger partial charge in [-0.05, 0) is 26.3 Å². The lowest BCUT2D eigenvalue weighted by Crippen LogP contribution is -2.45.